The highest BCUT2D eigenvalue weighted by atomic mass is 19.1. The standard InChI is InChI=1S/C14H23FN2/c1-10(2)11(3)17(4)9-13-5-12(8-16)6-14(15)7-13/h5-7,10-11H,8-9,16H2,1-4H3. The smallest absolute Gasteiger partial charge is 0.123 e. The Bertz CT molecular complexity index is 363. The zero-order valence-corrected chi connectivity index (χ0v) is 11.2. The Kier molecular flexibility index (Phi) is 5.09. The van der Waals surface area contributed by atoms with Crippen LogP contribution < -0.4 is 5.73 Å². The summed E-state index contributed by atoms with van der Waals surface area (Å²) in [5.41, 5.74) is 7.39. The van der Waals surface area contributed by atoms with Crippen LogP contribution in [0.25, 0.3) is 0 Å². The molecule has 0 saturated carbocycles. The van der Waals surface area contributed by atoms with E-state index in [4.69, 9.17) is 5.73 Å². The molecule has 1 aromatic rings. The van der Waals surface area contributed by atoms with Crippen molar-refractivity contribution >= 4 is 0 Å². The summed E-state index contributed by atoms with van der Waals surface area (Å²) < 4.78 is 13.4. The maximum Gasteiger partial charge on any atom is 0.123 e. The van der Waals surface area contributed by atoms with Gasteiger partial charge in [-0.25, -0.2) is 4.39 Å². The molecule has 1 rings (SSSR count). The predicted octanol–water partition coefficient (Wildman–Crippen LogP) is 2.76. The maximum atomic E-state index is 13.4. The van der Waals surface area contributed by atoms with Crippen LogP contribution in [-0.2, 0) is 13.1 Å². The van der Waals surface area contributed by atoms with E-state index in [0.717, 1.165) is 17.7 Å². The Morgan fingerprint density at radius 3 is 2.29 bits per heavy atom. The van der Waals surface area contributed by atoms with Crippen LogP contribution in [-0.4, -0.2) is 18.0 Å². The number of halogens is 1. The molecule has 0 spiro atoms. The Balaban J connectivity index is 2.77. The van der Waals surface area contributed by atoms with Crippen LogP contribution in [0.3, 0.4) is 0 Å². The van der Waals surface area contributed by atoms with Gasteiger partial charge in [0, 0.05) is 19.1 Å². The Morgan fingerprint density at radius 2 is 1.76 bits per heavy atom. The topological polar surface area (TPSA) is 29.3 Å². The summed E-state index contributed by atoms with van der Waals surface area (Å²) in [4.78, 5) is 2.24. The monoisotopic (exact) mass is 238 g/mol. The van der Waals surface area contributed by atoms with Crippen molar-refractivity contribution in [3.8, 4) is 0 Å². The average molecular weight is 238 g/mol. The zero-order valence-electron chi connectivity index (χ0n) is 11.2. The number of nitrogens with two attached hydrogens (primary N) is 1. The van der Waals surface area contributed by atoms with E-state index >= 15 is 0 Å². The van der Waals surface area contributed by atoms with Crippen LogP contribution in [0.5, 0.6) is 0 Å². The van der Waals surface area contributed by atoms with Crippen LogP contribution in [0.2, 0.25) is 0 Å². The van der Waals surface area contributed by atoms with Gasteiger partial charge in [0.05, 0.1) is 0 Å². The van der Waals surface area contributed by atoms with Crippen molar-refractivity contribution in [1.82, 2.24) is 4.90 Å². The second kappa shape index (κ2) is 6.12. The maximum absolute atomic E-state index is 13.4. The highest BCUT2D eigenvalue weighted by Crippen LogP contribution is 2.15. The van der Waals surface area contributed by atoms with Crippen molar-refractivity contribution in [2.24, 2.45) is 11.7 Å². The average Bonchev–Trinajstić information content (AvgIpc) is 2.26. The number of rotatable bonds is 5. The lowest BCUT2D eigenvalue weighted by molar-refractivity contribution is 0.200. The molecule has 0 aromatic heterocycles. The first-order valence-electron chi connectivity index (χ1n) is 6.12. The van der Waals surface area contributed by atoms with E-state index in [9.17, 15) is 4.39 Å². The van der Waals surface area contributed by atoms with Crippen LogP contribution in [0, 0.1) is 11.7 Å². The summed E-state index contributed by atoms with van der Waals surface area (Å²) in [7, 11) is 2.07. The normalized spacial score (nSPS) is 13.4. The molecule has 0 heterocycles. The molecule has 0 bridgehead atoms. The van der Waals surface area contributed by atoms with Gasteiger partial charge in [-0.1, -0.05) is 19.9 Å². The second-order valence-electron chi connectivity index (χ2n) is 5.07. The van der Waals surface area contributed by atoms with Gasteiger partial charge in [0.2, 0.25) is 0 Å². The first-order chi connectivity index (χ1) is 7.93. The highest BCUT2D eigenvalue weighted by Gasteiger charge is 2.13. The van der Waals surface area contributed by atoms with Gasteiger partial charge in [-0.05, 0) is 43.1 Å². The van der Waals surface area contributed by atoms with Gasteiger partial charge in [-0.3, -0.25) is 4.90 Å². The Morgan fingerprint density at radius 1 is 1.18 bits per heavy atom. The highest BCUT2D eigenvalue weighted by molar-refractivity contribution is 5.24. The van der Waals surface area contributed by atoms with Crippen LogP contribution >= 0.6 is 0 Å². The van der Waals surface area contributed by atoms with Crippen molar-refractivity contribution in [1.29, 1.82) is 0 Å². The fourth-order valence-electron chi connectivity index (χ4n) is 1.87. The van der Waals surface area contributed by atoms with Gasteiger partial charge in [-0.2, -0.15) is 0 Å². The molecular formula is C14H23FN2. The van der Waals surface area contributed by atoms with Crippen LogP contribution in [0.1, 0.15) is 31.9 Å². The molecule has 0 aliphatic carbocycles. The SMILES string of the molecule is CC(C)C(C)N(C)Cc1cc(F)cc(CN)c1. The van der Waals surface area contributed by atoms with Crippen molar-refractivity contribution in [2.75, 3.05) is 7.05 Å². The molecule has 3 heteroatoms. The molecule has 0 radical (unpaired) electrons. The van der Waals surface area contributed by atoms with E-state index in [2.05, 4.69) is 32.7 Å². The summed E-state index contributed by atoms with van der Waals surface area (Å²) in [6.45, 7) is 7.71. The summed E-state index contributed by atoms with van der Waals surface area (Å²) in [5.74, 6) is 0.385. The molecule has 0 amide bonds. The summed E-state index contributed by atoms with van der Waals surface area (Å²) >= 11 is 0. The van der Waals surface area contributed by atoms with E-state index in [1.165, 1.54) is 6.07 Å². The van der Waals surface area contributed by atoms with Gasteiger partial charge >= 0.3 is 0 Å². The molecule has 0 fully saturated rings. The van der Waals surface area contributed by atoms with E-state index in [1.807, 2.05) is 6.07 Å². The largest absolute Gasteiger partial charge is 0.326 e. The van der Waals surface area contributed by atoms with Gasteiger partial charge in [-0.15, -0.1) is 0 Å². The van der Waals surface area contributed by atoms with Crippen molar-refractivity contribution in [3.63, 3.8) is 0 Å². The predicted molar refractivity (Wildman–Crippen MR) is 70.1 cm³/mol. The lowest BCUT2D eigenvalue weighted by atomic mass is 10.0. The molecule has 0 aliphatic rings. The molecule has 96 valence electrons. The van der Waals surface area contributed by atoms with E-state index in [1.54, 1.807) is 6.07 Å². The fourth-order valence-corrected chi connectivity index (χ4v) is 1.87. The molecule has 0 saturated heterocycles. The van der Waals surface area contributed by atoms with Gasteiger partial charge in [0.1, 0.15) is 5.82 Å². The molecule has 1 aromatic carbocycles. The summed E-state index contributed by atoms with van der Waals surface area (Å²) in [5, 5.41) is 0. The van der Waals surface area contributed by atoms with E-state index in [-0.39, 0.29) is 5.82 Å². The van der Waals surface area contributed by atoms with Crippen LogP contribution in [0.4, 0.5) is 4.39 Å². The lowest BCUT2D eigenvalue weighted by Crippen LogP contribution is -2.32. The summed E-state index contributed by atoms with van der Waals surface area (Å²) in [6.07, 6.45) is 0. The molecule has 2 N–H and O–H groups in total. The number of hydrogen-bond acceptors (Lipinski definition) is 2. The van der Waals surface area contributed by atoms with E-state index < -0.39 is 0 Å². The third-order valence-corrected chi connectivity index (χ3v) is 3.35. The van der Waals surface area contributed by atoms with Crippen LogP contribution in [0.15, 0.2) is 18.2 Å². The minimum absolute atomic E-state index is 0.200. The summed E-state index contributed by atoms with van der Waals surface area (Å²) in [6, 6.07) is 5.53. The quantitative estimate of drug-likeness (QED) is 0.854. The molecular weight excluding hydrogens is 215 g/mol. The lowest BCUT2D eigenvalue weighted by Gasteiger charge is -2.28. The molecule has 1 unspecified atom stereocenters. The molecule has 0 aliphatic heterocycles. The minimum Gasteiger partial charge on any atom is -0.326 e. The third-order valence-electron chi connectivity index (χ3n) is 3.35. The van der Waals surface area contributed by atoms with Gasteiger partial charge < -0.3 is 5.73 Å². The Labute approximate surface area is 104 Å². The minimum atomic E-state index is -0.200. The Hall–Kier alpha value is -0.930. The molecule has 2 nitrogen and oxygen atoms in total. The number of nitrogens with zero attached hydrogens (tertiary/aromatic N) is 1. The van der Waals surface area contributed by atoms with Crippen molar-refractivity contribution in [3.05, 3.63) is 35.1 Å². The van der Waals surface area contributed by atoms with Crippen molar-refractivity contribution < 1.29 is 4.39 Å². The van der Waals surface area contributed by atoms with Gasteiger partial charge in [0.25, 0.3) is 0 Å². The van der Waals surface area contributed by atoms with Gasteiger partial charge in [0.15, 0.2) is 0 Å². The molecule has 17 heavy (non-hydrogen) atoms. The molecule has 1 atom stereocenters. The second-order valence-corrected chi connectivity index (χ2v) is 5.07. The fraction of sp³-hybridized carbons (Fsp3) is 0.571. The zero-order chi connectivity index (χ0) is 13.0. The van der Waals surface area contributed by atoms with Crippen molar-refractivity contribution in [2.45, 2.75) is 39.9 Å². The van der Waals surface area contributed by atoms with E-state index in [0.29, 0.717) is 18.5 Å². The first kappa shape index (κ1) is 14.1. The first-order valence-corrected chi connectivity index (χ1v) is 6.12. The number of benzene rings is 1. The number of hydrogen-bond donors (Lipinski definition) is 1. The third kappa shape index (κ3) is 4.10.